The molecule has 0 aliphatic rings. The van der Waals surface area contributed by atoms with Gasteiger partial charge < -0.3 is 0 Å². The Bertz CT molecular complexity index is 2260. The van der Waals surface area contributed by atoms with Gasteiger partial charge in [-0.25, -0.2) is 0 Å². The van der Waals surface area contributed by atoms with Crippen LogP contribution in [0, 0.1) is 58.8 Å². The van der Waals surface area contributed by atoms with E-state index in [1.165, 1.54) is 51.4 Å². The minimum Gasteiger partial charge on any atom is -0.256 e. The lowest BCUT2D eigenvalue weighted by atomic mass is 10.1. The highest BCUT2D eigenvalue weighted by Crippen LogP contribution is 2.10. The molecule has 0 bridgehead atoms. The average Bonchev–Trinajstić information content (AvgIpc) is 3.21. The predicted octanol–water partition coefficient (Wildman–Crippen LogP) is 11.2. The lowest BCUT2D eigenvalue weighted by molar-refractivity contribution is 0.579. The maximum atomic E-state index is 4.47. The molecule has 0 aliphatic heterocycles. The van der Waals surface area contributed by atoms with Crippen LogP contribution in [0.5, 0.6) is 0 Å². The highest BCUT2D eigenvalue weighted by molar-refractivity contribution is 6.83. The summed E-state index contributed by atoms with van der Waals surface area (Å²) in [5.74, 6) is 28.1. The molecule has 0 radical (unpaired) electrons. The van der Waals surface area contributed by atoms with Gasteiger partial charge in [-0.1, -0.05) is 125 Å². The Morgan fingerprint density at radius 2 is 0.804 bits per heavy atom. The summed E-state index contributed by atoms with van der Waals surface area (Å²) < 4.78 is 0. The number of allylic oxidation sites excluding steroid dienone is 4. The van der Waals surface area contributed by atoms with E-state index in [4.69, 9.17) is 0 Å². The molecule has 4 aromatic rings. The summed E-state index contributed by atoms with van der Waals surface area (Å²) in [4.78, 5) is 17.8. The van der Waals surface area contributed by atoms with Crippen LogP contribution >= 0.6 is 0 Å². The first-order valence-electron chi connectivity index (χ1n) is 19.4. The Morgan fingerprint density at radius 3 is 1.16 bits per heavy atom. The molecule has 4 rings (SSSR count). The number of rotatable bonds is 12. The standard InChI is InChI=1S/C51H50N4Si/c1-5-6-7-8-9-10-11-12-13-14-15-16-26-48-34-30-44(40-52-48)23-17-20-27-49-35-31-45(41-53-49)24-18-21-28-50-36-32-46(42-54-50)25-19-22-29-51-37-33-47(43-55-51)38-39-56(2,3)4/h16,20-22,26-37,40-43H,5-13H2,1-4H3/b26-16+,27-20+,28-21+,29-22+. The lowest BCUT2D eigenvalue weighted by Gasteiger charge is -2.03. The van der Waals surface area contributed by atoms with E-state index in [1.807, 2.05) is 78.9 Å². The van der Waals surface area contributed by atoms with E-state index in [0.717, 1.165) is 51.5 Å². The highest BCUT2D eigenvalue weighted by Gasteiger charge is 2.07. The van der Waals surface area contributed by atoms with Crippen molar-refractivity contribution in [1.29, 1.82) is 0 Å². The molecule has 56 heavy (non-hydrogen) atoms. The summed E-state index contributed by atoms with van der Waals surface area (Å²) in [7, 11) is -1.40. The van der Waals surface area contributed by atoms with Crippen LogP contribution in [0.3, 0.4) is 0 Å². The predicted molar refractivity (Wildman–Crippen MR) is 239 cm³/mol. The van der Waals surface area contributed by atoms with Gasteiger partial charge in [0, 0.05) is 53.5 Å². The molecule has 0 fully saturated rings. The zero-order chi connectivity index (χ0) is 39.5. The molecule has 4 nitrogen and oxygen atoms in total. The molecule has 4 aromatic heterocycles. The van der Waals surface area contributed by atoms with Crippen LogP contribution < -0.4 is 0 Å². The van der Waals surface area contributed by atoms with Crippen LogP contribution in [-0.4, -0.2) is 28.0 Å². The summed E-state index contributed by atoms with van der Waals surface area (Å²) in [6, 6.07) is 15.6. The van der Waals surface area contributed by atoms with Crippen molar-refractivity contribution in [3.05, 3.63) is 143 Å². The van der Waals surface area contributed by atoms with Gasteiger partial charge in [-0.05, 0) is 104 Å². The largest absolute Gasteiger partial charge is 0.256 e. The topological polar surface area (TPSA) is 51.6 Å². The van der Waals surface area contributed by atoms with Gasteiger partial charge in [0.25, 0.3) is 0 Å². The first-order valence-corrected chi connectivity index (χ1v) is 22.9. The first kappa shape index (κ1) is 42.3. The van der Waals surface area contributed by atoms with Crippen LogP contribution in [0.15, 0.2) is 97.6 Å². The van der Waals surface area contributed by atoms with Gasteiger partial charge in [0.05, 0.1) is 22.8 Å². The maximum absolute atomic E-state index is 4.47. The number of aromatic nitrogens is 4. The van der Waals surface area contributed by atoms with Crippen molar-refractivity contribution in [2.75, 3.05) is 0 Å². The fourth-order valence-electron chi connectivity index (χ4n) is 4.93. The smallest absolute Gasteiger partial charge is 0.129 e. The normalized spacial score (nSPS) is 10.9. The number of pyridine rings is 4. The molecule has 278 valence electrons. The molecule has 0 aromatic carbocycles. The quantitative estimate of drug-likeness (QED) is 0.0823. The molecule has 0 amide bonds. The average molecular weight is 747 g/mol. The molecular weight excluding hydrogens is 697 g/mol. The van der Waals surface area contributed by atoms with Crippen molar-refractivity contribution in [2.45, 2.75) is 84.4 Å². The summed E-state index contributed by atoms with van der Waals surface area (Å²) in [6.45, 7) is 8.94. The third-order valence-electron chi connectivity index (χ3n) is 7.98. The molecule has 0 saturated heterocycles. The molecule has 0 aliphatic carbocycles. The Labute approximate surface area is 336 Å². The summed E-state index contributed by atoms with van der Waals surface area (Å²) in [6.07, 6.45) is 33.4. The molecule has 0 unspecified atom stereocenters. The van der Waals surface area contributed by atoms with Gasteiger partial charge in [0.15, 0.2) is 0 Å². The molecule has 5 heteroatoms. The van der Waals surface area contributed by atoms with E-state index in [2.05, 4.69) is 105 Å². The van der Waals surface area contributed by atoms with Gasteiger partial charge in [-0.2, -0.15) is 0 Å². The second-order valence-corrected chi connectivity index (χ2v) is 18.8. The molecule has 0 atom stereocenters. The number of unbranched alkanes of at least 4 members (excludes halogenated alkanes) is 8. The zero-order valence-electron chi connectivity index (χ0n) is 33.2. The van der Waals surface area contributed by atoms with Gasteiger partial charge in [-0.15, -0.1) is 5.54 Å². The van der Waals surface area contributed by atoms with E-state index >= 15 is 0 Å². The van der Waals surface area contributed by atoms with Crippen LogP contribution in [0.4, 0.5) is 0 Å². The van der Waals surface area contributed by atoms with E-state index in [0.29, 0.717) is 0 Å². The summed E-state index contributed by atoms with van der Waals surface area (Å²) in [5.41, 5.74) is 10.1. The monoisotopic (exact) mass is 746 g/mol. The minimum absolute atomic E-state index is 0.801. The van der Waals surface area contributed by atoms with Crippen LogP contribution in [0.2, 0.25) is 19.6 Å². The second-order valence-electron chi connectivity index (χ2n) is 14.1. The number of nitrogens with zero attached hydrogens (tertiary/aromatic N) is 4. The van der Waals surface area contributed by atoms with Gasteiger partial charge in [0.1, 0.15) is 8.07 Å². The van der Waals surface area contributed by atoms with Crippen LogP contribution in [-0.2, 0) is 0 Å². The van der Waals surface area contributed by atoms with Crippen molar-refractivity contribution in [3.63, 3.8) is 0 Å². The zero-order valence-corrected chi connectivity index (χ0v) is 34.2. The minimum atomic E-state index is -1.40. The summed E-state index contributed by atoms with van der Waals surface area (Å²) in [5, 5.41) is 0. The Balaban J connectivity index is 1.15. The maximum Gasteiger partial charge on any atom is 0.129 e. The van der Waals surface area contributed by atoms with Crippen LogP contribution in [0.25, 0.3) is 24.3 Å². The lowest BCUT2D eigenvalue weighted by Crippen LogP contribution is -2.16. The van der Waals surface area contributed by atoms with Crippen molar-refractivity contribution >= 4 is 32.4 Å². The third kappa shape index (κ3) is 18.6. The Morgan fingerprint density at radius 1 is 0.446 bits per heavy atom. The molecule has 0 saturated carbocycles. The molecule has 0 spiro atoms. The van der Waals surface area contributed by atoms with Crippen molar-refractivity contribution in [3.8, 4) is 58.8 Å². The Kier molecular flexibility index (Phi) is 18.7. The third-order valence-corrected chi connectivity index (χ3v) is 8.86. The highest BCUT2D eigenvalue weighted by atomic mass is 28.3. The fourth-order valence-corrected chi connectivity index (χ4v) is 5.45. The summed E-state index contributed by atoms with van der Waals surface area (Å²) >= 11 is 0. The van der Waals surface area contributed by atoms with Crippen molar-refractivity contribution in [1.82, 2.24) is 19.9 Å². The van der Waals surface area contributed by atoms with Crippen molar-refractivity contribution < 1.29 is 0 Å². The van der Waals surface area contributed by atoms with E-state index in [9.17, 15) is 0 Å². The van der Waals surface area contributed by atoms with E-state index in [1.54, 1.807) is 43.0 Å². The SMILES string of the molecule is CCCCCCCCCCC#C/C=C/c1ccc(C#C/C=C/c2ccc(C#C/C=C/c3ccc(C#C/C=C/c4ccc(C#C[Si](C)(C)C)cn4)cn3)cn2)cn1. The molecular formula is C51H50N4Si. The molecule has 0 N–H and O–H groups in total. The van der Waals surface area contributed by atoms with Gasteiger partial charge in [0.2, 0.25) is 0 Å². The Hall–Kier alpha value is -6.42. The van der Waals surface area contributed by atoms with Crippen molar-refractivity contribution in [2.24, 2.45) is 0 Å². The molecule has 4 heterocycles. The van der Waals surface area contributed by atoms with Gasteiger partial charge >= 0.3 is 0 Å². The second kappa shape index (κ2) is 24.8. The number of hydrogen-bond donors (Lipinski definition) is 0. The number of hydrogen-bond acceptors (Lipinski definition) is 4. The van der Waals surface area contributed by atoms with Gasteiger partial charge in [-0.3, -0.25) is 19.9 Å². The van der Waals surface area contributed by atoms with Crippen LogP contribution in [0.1, 0.15) is 110 Å². The van der Waals surface area contributed by atoms with E-state index < -0.39 is 8.07 Å². The van der Waals surface area contributed by atoms with E-state index in [-0.39, 0.29) is 0 Å². The fraction of sp³-hybridized carbons (Fsp3) is 0.255. The first-order chi connectivity index (χ1) is 27.4.